The summed E-state index contributed by atoms with van der Waals surface area (Å²) in [6.45, 7) is 0. The minimum Gasteiger partial charge on any atom is -0.273 e. The molecule has 0 fully saturated rings. The zero-order valence-corrected chi connectivity index (χ0v) is 11.2. The van der Waals surface area contributed by atoms with Crippen molar-refractivity contribution in [3.8, 4) is 0 Å². The second-order valence-electron chi connectivity index (χ2n) is 3.91. The number of non-ortho nitro benzene ring substituents is 1. The molecule has 20 heavy (non-hydrogen) atoms. The van der Waals surface area contributed by atoms with E-state index in [4.69, 9.17) is 0 Å². The van der Waals surface area contributed by atoms with Crippen LogP contribution in [0.4, 0.5) is 5.69 Å². The number of hydrogen-bond donors (Lipinski definition) is 1. The molecule has 0 spiro atoms. The molecule has 0 unspecified atom stereocenters. The molecule has 7 heteroatoms. The summed E-state index contributed by atoms with van der Waals surface area (Å²) in [7, 11) is 0. The highest BCUT2D eigenvalue weighted by Gasteiger charge is 2.06. The fraction of sp³-hybridized carbons (Fsp3) is 0.0769. The van der Waals surface area contributed by atoms with Crippen molar-refractivity contribution in [3.63, 3.8) is 0 Å². The smallest absolute Gasteiger partial charge is 0.269 e. The number of thiophene rings is 1. The molecule has 6 nitrogen and oxygen atoms in total. The lowest BCUT2D eigenvalue weighted by atomic mass is 10.1. The first-order valence-corrected chi connectivity index (χ1v) is 6.62. The lowest BCUT2D eigenvalue weighted by molar-refractivity contribution is -0.384. The standard InChI is InChI=1S/C13H11N3O3S/c17-13(15-14-9-12-2-1-7-20-12)8-10-3-5-11(6-4-10)16(18)19/h1-7,9H,8H2,(H,15,17)/b14-9+. The zero-order chi connectivity index (χ0) is 14.4. The second kappa shape index (κ2) is 6.58. The van der Waals surface area contributed by atoms with Gasteiger partial charge >= 0.3 is 0 Å². The van der Waals surface area contributed by atoms with Crippen molar-refractivity contribution >= 4 is 29.1 Å². The number of hydrazone groups is 1. The molecule has 0 aliphatic rings. The van der Waals surface area contributed by atoms with E-state index >= 15 is 0 Å². The highest BCUT2D eigenvalue weighted by molar-refractivity contribution is 7.11. The maximum absolute atomic E-state index is 11.6. The molecule has 102 valence electrons. The fourth-order valence-electron chi connectivity index (χ4n) is 1.49. The minimum absolute atomic E-state index is 0.00451. The normalized spacial score (nSPS) is 10.6. The third kappa shape index (κ3) is 3.99. The summed E-state index contributed by atoms with van der Waals surface area (Å²) in [5.74, 6) is -0.272. The molecule has 0 aliphatic carbocycles. The summed E-state index contributed by atoms with van der Waals surface area (Å²) >= 11 is 1.52. The van der Waals surface area contributed by atoms with E-state index in [0.717, 1.165) is 4.88 Å². The summed E-state index contributed by atoms with van der Waals surface area (Å²) in [4.78, 5) is 22.6. The maximum Gasteiger partial charge on any atom is 0.269 e. The molecule has 1 aromatic heterocycles. The van der Waals surface area contributed by atoms with Crippen LogP contribution in [-0.2, 0) is 11.2 Å². The van der Waals surface area contributed by atoms with Gasteiger partial charge in [-0.25, -0.2) is 5.43 Å². The number of nitrogens with one attached hydrogen (secondary N) is 1. The van der Waals surface area contributed by atoms with Gasteiger partial charge < -0.3 is 0 Å². The molecule has 1 heterocycles. The van der Waals surface area contributed by atoms with Gasteiger partial charge in [0.15, 0.2) is 0 Å². The number of amides is 1. The summed E-state index contributed by atoms with van der Waals surface area (Å²) < 4.78 is 0. The van der Waals surface area contributed by atoms with E-state index in [1.54, 1.807) is 18.3 Å². The number of benzene rings is 1. The average molecular weight is 289 g/mol. The van der Waals surface area contributed by atoms with Crippen LogP contribution in [0.1, 0.15) is 10.4 Å². The van der Waals surface area contributed by atoms with Gasteiger partial charge in [0.05, 0.1) is 17.6 Å². The van der Waals surface area contributed by atoms with E-state index in [2.05, 4.69) is 10.5 Å². The molecule has 0 atom stereocenters. The molecule has 0 radical (unpaired) electrons. The van der Waals surface area contributed by atoms with Gasteiger partial charge in [-0.15, -0.1) is 11.3 Å². The third-order valence-corrected chi connectivity index (χ3v) is 3.24. The summed E-state index contributed by atoms with van der Waals surface area (Å²) in [5.41, 5.74) is 3.11. The summed E-state index contributed by atoms with van der Waals surface area (Å²) in [5, 5.41) is 16.2. The van der Waals surface area contributed by atoms with Crippen molar-refractivity contribution in [1.82, 2.24) is 5.43 Å². The SMILES string of the molecule is O=C(Cc1ccc([N+](=O)[O-])cc1)N/N=C/c1cccs1. The first kappa shape index (κ1) is 13.9. The quantitative estimate of drug-likeness (QED) is 0.521. The maximum atomic E-state index is 11.6. The number of carbonyl (C=O) groups is 1. The molecular formula is C13H11N3O3S. The Kier molecular flexibility index (Phi) is 4.56. The number of nitro benzene ring substituents is 1. The molecule has 2 rings (SSSR count). The average Bonchev–Trinajstić information content (AvgIpc) is 2.92. The largest absolute Gasteiger partial charge is 0.273 e. The van der Waals surface area contributed by atoms with Gasteiger partial charge in [-0.05, 0) is 17.0 Å². The van der Waals surface area contributed by atoms with E-state index in [1.165, 1.54) is 23.5 Å². The number of nitro groups is 1. The number of carbonyl (C=O) groups excluding carboxylic acids is 1. The Morgan fingerprint density at radius 1 is 1.35 bits per heavy atom. The molecule has 1 amide bonds. The highest BCUT2D eigenvalue weighted by Crippen LogP contribution is 2.12. The van der Waals surface area contributed by atoms with Gasteiger partial charge in [0.1, 0.15) is 0 Å². The van der Waals surface area contributed by atoms with Gasteiger partial charge in [-0.1, -0.05) is 18.2 Å². The molecule has 0 bridgehead atoms. The zero-order valence-electron chi connectivity index (χ0n) is 10.4. The van der Waals surface area contributed by atoms with Crippen LogP contribution >= 0.6 is 11.3 Å². The Morgan fingerprint density at radius 2 is 2.10 bits per heavy atom. The van der Waals surface area contributed by atoms with E-state index in [0.29, 0.717) is 5.56 Å². The van der Waals surface area contributed by atoms with E-state index in [-0.39, 0.29) is 18.0 Å². The van der Waals surface area contributed by atoms with Crippen LogP contribution in [0.15, 0.2) is 46.9 Å². The Balaban J connectivity index is 1.86. The van der Waals surface area contributed by atoms with Crippen LogP contribution in [0.25, 0.3) is 0 Å². The summed E-state index contributed by atoms with van der Waals surface area (Å²) in [6, 6.07) is 9.64. The molecule has 0 saturated heterocycles. The Labute approximate surface area is 118 Å². The molecule has 0 aliphatic heterocycles. The van der Waals surface area contributed by atoms with Crippen molar-refractivity contribution in [2.24, 2.45) is 5.10 Å². The van der Waals surface area contributed by atoms with Crippen LogP contribution in [0.3, 0.4) is 0 Å². The number of rotatable bonds is 5. The van der Waals surface area contributed by atoms with E-state index in [1.807, 2.05) is 17.5 Å². The first-order valence-electron chi connectivity index (χ1n) is 5.74. The Morgan fingerprint density at radius 3 is 2.70 bits per heavy atom. The van der Waals surface area contributed by atoms with Crippen molar-refractivity contribution in [1.29, 1.82) is 0 Å². The molecule has 2 aromatic rings. The fourth-order valence-corrected chi connectivity index (χ4v) is 2.08. The molecule has 1 aromatic carbocycles. The first-order chi connectivity index (χ1) is 9.65. The lowest BCUT2D eigenvalue weighted by Crippen LogP contribution is -2.19. The van der Waals surface area contributed by atoms with Gasteiger partial charge in [0.25, 0.3) is 5.69 Å². The van der Waals surface area contributed by atoms with Gasteiger partial charge in [0.2, 0.25) is 5.91 Å². The topological polar surface area (TPSA) is 84.6 Å². The van der Waals surface area contributed by atoms with Crippen molar-refractivity contribution in [2.75, 3.05) is 0 Å². The van der Waals surface area contributed by atoms with Crippen LogP contribution in [-0.4, -0.2) is 17.0 Å². The van der Waals surface area contributed by atoms with Gasteiger partial charge in [-0.3, -0.25) is 14.9 Å². The summed E-state index contributed by atoms with van der Waals surface area (Å²) in [6.07, 6.45) is 1.69. The Hall–Kier alpha value is -2.54. The monoisotopic (exact) mass is 289 g/mol. The second-order valence-corrected chi connectivity index (χ2v) is 4.89. The minimum atomic E-state index is -0.477. The predicted molar refractivity (Wildman–Crippen MR) is 76.9 cm³/mol. The van der Waals surface area contributed by atoms with Crippen LogP contribution in [0, 0.1) is 10.1 Å². The van der Waals surface area contributed by atoms with Crippen LogP contribution < -0.4 is 5.43 Å². The third-order valence-electron chi connectivity index (χ3n) is 2.44. The number of nitrogens with zero attached hydrogens (tertiary/aromatic N) is 2. The van der Waals surface area contributed by atoms with Gasteiger partial charge in [0, 0.05) is 17.0 Å². The van der Waals surface area contributed by atoms with Crippen molar-refractivity contribution < 1.29 is 9.72 Å². The predicted octanol–water partition coefficient (Wildman–Crippen LogP) is 2.35. The Bertz CT molecular complexity index is 621. The van der Waals surface area contributed by atoms with Crippen LogP contribution in [0.5, 0.6) is 0 Å². The lowest BCUT2D eigenvalue weighted by Gasteiger charge is -2.00. The molecular weight excluding hydrogens is 278 g/mol. The van der Waals surface area contributed by atoms with Crippen molar-refractivity contribution in [3.05, 3.63) is 62.3 Å². The van der Waals surface area contributed by atoms with Crippen molar-refractivity contribution in [2.45, 2.75) is 6.42 Å². The van der Waals surface area contributed by atoms with E-state index < -0.39 is 4.92 Å². The van der Waals surface area contributed by atoms with Crippen LogP contribution in [0.2, 0.25) is 0 Å². The van der Waals surface area contributed by atoms with E-state index in [9.17, 15) is 14.9 Å². The van der Waals surface area contributed by atoms with Gasteiger partial charge in [-0.2, -0.15) is 5.10 Å². The molecule has 0 saturated carbocycles. The highest BCUT2D eigenvalue weighted by atomic mass is 32.1. The number of hydrogen-bond acceptors (Lipinski definition) is 5. The molecule has 1 N–H and O–H groups in total.